The van der Waals surface area contributed by atoms with Gasteiger partial charge in [-0.2, -0.15) is 0 Å². The Hall–Kier alpha value is 0.550. The quantitative estimate of drug-likeness (QED) is 0.297. The second-order valence-electron chi connectivity index (χ2n) is 0. The topological polar surface area (TPSA) is 112 Å². The van der Waals surface area contributed by atoms with E-state index < -0.39 is 0 Å². The van der Waals surface area contributed by atoms with Gasteiger partial charge in [-0.25, -0.2) is 0 Å². The molecule has 0 heterocycles. The monoisotopic (exact) mass is 108 g/mol. The van der Waals surface area contributed by atoms with E-state index in [1.165, 1.54) is 0 Å². The molecule has 0 aliphatic carbocycles. The summed E-state index contributed by atoms with van der Waals surface area (Å²) < 4.78 is 0. The standard InChI is InChI=1S/CH2O.Na.3H2O.H/c1-2;;;;;/h1H2;;3*1H2;. The van der Waals surface area contributed by atoms with Crippen LogP contribution in [0.5, 0.6) is 0 Å². The van der Waals surface area contributed by atoms with Crippen LogP contribution in [-0.2, 0) is 4.79 Å². The molecule has 5 heteroatoms. The summed E-state index contributed by atoms with van der Waals surface area (Å²) in [5, 5.41) is 0. The van der Waals surface area contributed by atoms with Crippen molar-refractivity contribution in [2.24, 2.45) is 0 Å². The van der Waals surface area contributed by atoms with Gasteiger partial charge in [-0.3, -0.25) is 0 Å². The van der Waals surface area contributed by atoms with Crippen LogP contribution in [0.1, 0.15) is 0 Å². The molecule has 6 N–H and O–H groups in total. The van der Waals surface area contributed by atoms with E-state index in [4.69, 9.17) is 4.79 Å². The summed E-state index contributed by atoms with van der Waals surface area (Å²) in [6, 6.07) is 0. The third-order valence-electron chi connectivity index (χ3n) is 0. The van der Waals surface area contributed by atoms with Gasteiger partial charge in [0.1, 0.15) is 6.79 Å². The Morgan fingerprint density at radius 1 is 0.833 bits per heavy atom. The van der Waals surface area contributed by atoms with Crippen molar-refractivity contribution in [3.8, 4) is 0 Å². The summed E-state index contributed by atoms with van der Waals surface area (Å²) in [5.41, 5.74) is 0. The maximum atomic E-state index is 8.00. The number of carbonyl (C=O) groups is 1. The van der Waals surface area contributed by atoms with Crippen LogP contribution in [0.3, 0.4) is 0 Å². The molecule has 0 fully saturated rings. The Labute approximate surface area is 57.8 Å². The molecule has 6 heavy (non-hydrogen) atoms. The zero-order valence-electron chi connectivity index (χ0n) is 2.62. The summed E-state index contributed by atoms with van der Waals surface area (Å²) >= 11 is 0. The summed E-state index contributed by atoms with van der Waals surface area (Å²) in [4.78, 5) is 8.00. The maximum absolute atomic E-state index is 8.00. The van der Waals surface area contributed by atoms with Gasteiger partial charge in [-0.15, -0.1) is 0 Å². The third kappa shape index (κ3) is 190. The van der Waals surface area contributed by atoms with Crippen molar-refractivity contribution in [3.63, 3.8) is 0 Å². The molecule has 0 aromatic rings. The van der Waals surface area contributed by atoms with E-state index in [9.17, 15) is 0 Å². The van der Waals surface area contributed by atoms with E-state index in [0.29, 0.717) is 0 Å². The van der Waals surface area contributed by atoms with Gasteiger partial charge in [-0.05, 0) is 0 Å². The molecule has 0 aliphatic heterocycles. The average molecular weight is 108 g/mol. The minimum absolute atomic E-state index is 0. The molecule has 38 valence electrons. The SMILES string of the molecule is C=O.O.O.O.[NaH]. The van der Waals surface area contributed by atoms with Crippen LogP contribution in [0.25, 0.3) is 0 Å². The molecule has 0 aromatic carbocycles. The van der Waals surface area contributed by atoms with E-state index in [1.54, 1.807) is 0 Å². The van der Waals surface area contributed by atoms with Crippen LogP contribution in [0.4, 0.5) is 0 Å². The molecule has 0 radical (unpaired) electrons. The summed E-state index contributed by atoms with van der Waals surface area (Å²) in [6.07, 6.45) is 0. The minimum atomic E-state index is 0. The average Bonchev–Trinajstić information content (AvgIpc) is 1.00. The molecule has 0 amide bonds. The van der Waals surface area contributed by atoms with E-state index in [2.05, 4.69) is 0 Å². The van der Waals surface area contributed by atoms with Crippen molar-refractivity contribution in [1.82, 2.24) is 0 Å². The Morgan fingerprint density at radius 3 is 0.833 bits per heavy atom. The van der Waals surface area contributed by atoms with Crippen molar-refractivity contribution < 1.29 is 21.2 Å². The van der Waals surface area contributed by atoms with Crippen LogP contribution < -0.4 is 0 Å². The summed E-state index contributed by atoms with van der Waals surface area (Å²) in [7, 11) is 0. The van der Waals surface area contributed by atoms with Gasteiger partial charge in [0.25, 0.3) is 0 Å². The first-order valence-electron chi connectivity index (χ1n) is 0.289. The van der Waals surface area contributed by atoms with Crippen LogP contribution in [-0.4, -0.2) is 52.8 Å². The van der Waals surface area contributed by atoms with Crippen molar-refractivity contribution in [2.75, 3.05) is 0 Å². The van der Waals surface area contributed by atoms with Gasteiger partial charge in [0, 0.05) is 0 Å². The Morgan fingerprint density at radius 2 is 0.833 bits per heavy atom. The molecule has 0 atom stereocenters. The predicted molar refractivity (Wildman–Crippen MR) is 25.1 cm³/mol. The molecule has 0 bridgehead atoms. The van der Waals surface area contributed by atoms with Crippen LogP contribution >= 0.6 is 0 Å². The molecular formula is CH9NaO4. The van der Waals surface area contributed by atoms with Crippen LogP contribution in [0.2, 0.25) is 0 Å². The van der Waals surface area contributed by atoms with Gasteiger partial charge in [0.05, 0.1) is 0 Å². The third-order valence-corrected chi connectivity index (χ3v) is 0. The molecular weight excluding hydrogens is 99.0 g/mol. The molecule has 0 spiro atoms. The Kier molecular flexibility index (Phi) is 5320. The van der Waals surface area contributed by atoms with E-state index in [1.807, 2.05) is 6.79 Å². The fourth-order valence-electron chi connectivity index (χ4n) is 0. The second-order valence-corrected chi connectivity index (χ2v) is 0. The van der Waals surface area contributed by atoms with Gasteiger partial charge < -0.3 is 21.2 Å². The molecule has 4 nitrogen and oxygen atoms in total. The normalized spacial score (nSPS) is 0.667. The van der Waals surface area contributed by atoms with E-state index in [-0.39, 0.29) is 46.0 Å². The second kappa shape index (κ2) is 380. The molecule has 0 unspecified atom stereocenters. The number of hydrogen-bond acceptors (Lipinski definition) is 1. The molecule has 0 saturated carbocycles. The number of carbonyl (C=O) groups excluding carboxylic acids is 1. The first-order chi connectivity index (χ1) is 1.00. The molecule has 0 rings (SSSR count). The molecule has 0 aliphatic rings. The Bertz CT molecular complexity index is 7.51. The fraction of sp³-hybridized carbons (Fsp3) is 0. The first kappa shape index (κ1) is 84.0. The zero-order valence-corrected chi connectivity index (χ0v) is 2.62. The van der Waals surface area contributed by atoms with Gasteiger partial charge in [-0.1, -0.05) is 0 Å². The van der Waals surface area contributed by atoms with E-state index >= 15 is 0 Å². The number of hydrogen-bond donors (Lipinski definition) is 0. The van der Waals surface area contributed by atoms with Crippen molar-refractivity contribution in [3.05, 3.63) is 0 Å². The van der Waals surface area contributed by atoms with Crippen LogP contribution in [0.15, 0.2) is 0 Å². The summed E-state index contributed by atoms with van der Waals surface area (Å²) in [6.45, 7) is 2.00. The summed E-state index contributed by atoms with van der Waals surface area (Å²) in [5.74, 6) is 0. The molecule has 0 aromatic heterocycles. The predicted octanol–water partition coefficient (Wildman–Crippen LogP) is -3.31. The van der Waals surface area contributed by atoms with E-state index in [0.717, 1.165) is 0 Å². The fourth-order valence-corrected chi connectivity index (χ4v) is 0. The van der Waals surface area contributed by atoms with Crippen molar-refractivity contribution >= 4 is 36.3 Å². The van der Waals surface area contributed by atoms with Gasteiger partial charge in [0.15, 0.2) is 0 Å². The zero-order chi connectivity index (χ0) is 2.00. The van der Waals surface area contributed by atoms with Gasteiger partial charge in [0.2, 0.25) is 0 Å². The molecule has 0 saturated heterocycles. The first-order valence-corrected chi connectivity index (χ1v) is 0.289. The van der Waals surface area contributed by atoms with Crippen molar-refractivity contribution in [2.45, 2.75) is 0 Å². The van der Waals surface area contributed by atoms with Crippen LogP contribution in [0, 0.1) is 0 Å². The Balaban J connectivity index is -0.000000000833. The number of rotatable bonds is 0. The van der Waals surface area contributed by atoms with Gasteiger partial charge >= 0.3 is 29.6 Å². The van der Waals surface area contributed by atoms with Crippen molar-refractivity contribution in [1.29, 1.82) is 0 Å².